The summed E-state index contributed by atoms with van der Waals surface area (Å²) in [6.45, 7) is 8.28. The summed E-state index contributed by atoms with van der Waals surface area (Å²) in [7, 11) is 0. The second kappa shape index (κ2) is 9.17. The highest BCUT2D eigenvalue weighted by Gasteiger charge is 2.11. The molecule has 25 heavy (non-hydrogen) atoms. The van der Waals surface area contributed by atoms with Crippen LogP contribution in [0.4, 0.5) is 4.39 Å². The van der Waals surface area contributed by atoms with Crippen molar-refractivity contribution in [2.75, 3.05) is 0 Å². The maximum Gasteiger partial charge on any atom is 0.123 e. The van der Waals surface area contributed by atoms with Gasteiger partial charge < -0.3 is 0 Å². The predicted molar refractivity (Wildman–Crippen MR) is 108 cm³/mol. The van der Waals surface area contributed by atoms with Gasteiger partial charge in [0.05, 0.1) is 0 Å². The molecule has 0 heterocycles. The van der Waals surface area contributed by atoms with Crippen LogP contribution in [0.3, 0.4) is 0 Å². The summed E-state index contributed by atoms with van der Waals surface area (Å²) in [6, 6.07) is 13.6. The lowest BCUT2D eigenvalue weighted by atomic mass is 9.90. The fourth-order valence-electron chi connectivity index (χ4n) is 2.97. The first-order valence-electron chi connectivity index (χ1n) is 8.95. The molecule has 2 rings (SSSR count). The van der Waals surface area contributed by atoms with E-state index >= 15 is 0 Å². The zero-order valence-corrected chi connectivity index (χ0v) is 15.6. The molecule has 130 valence electrons. The Balaban J connectivity index is 2.65. The van der Waals surface area contributed by atoms with E-state index in [1.807, 2.05) is 26.0 Å². The largest absolute Gasteiger partial charge is 0.207 e. The van der Waals surface area contributed by atoms with E-state index in [-0.39, 0.29) is 5.82 Å². The molecule has 2 aromatic carbocycles. The van der Waals surface area contributed by atoms with Gasteiger partial charge in [0.15, 0.2) is 0 Å². The maximum atomic E-state index is 13.8. The van der Waals surface area contributed by atoms with Gasteiger partial charge in [-0.15, -0.1) is 0 Å². The molecule has 0 saturated carbocycles. The van der Waals surface area contributed by atoms with Gasteiger partial charge in [-0.2, -0.15) is 0 Å². The molecule has 0 atom stereocenters. The number of hydrogen-bond acceptors (Lipinski definition) is 0. The van der Waals surface area contributed by atoms with Crippen LogP contribution in [0.25, 0.3) is 11.6 Å². The second-order valence-electron chi connectivity index (χ2n) is 6.26. The lowest BCUT2D eigenvalue weighted by molar-refractivity contribution is 0.624. The SMILES string of the molecule is C\C=C/C(=C\C)C(=C\c1ccc(C)cc1)/c1ccc(F)cc1CCC. The van der Waals surface area contributed by atoms with Gasteiger partial charge in [-0.3, -0.25) is 0 Å². The van der Waals surface area contributed by atoms with Crippen LogP contribution >= 0.6 is 0 Å². The Bertz CT molecular complexity index is 789. The van der Waals surface area contributed by atoms with Crippen LogP contribution in [-0.4, -0.2) is 0 Å². The van der Waals surface area contributed by atoms with Crippen molar-refractivity contribution >= 4 is 11.6 Å². The van der Waals surface area contributed by atoms with Crippen molar-refractivity contribution in [1.29, 1.82) is 0 Å². The van der Waals surface area contributed by atoms with Crippen molar-refractivity contribution in [3.8, 4) is 0 Å². The van der Waals surface area contributed by atoms with Crippen LogP contribution in [0.15, 0.2) is 66.3 Å². The monoisotopic (exact) mass is 334 g/mol. The molecule has 0 bridgehead atoms. The van der Waals surface area contributed by atoms with Gasteiger partial charge in [-0.25, -0.2) is 4.39 Å². The third kappa shape index (κ3) is 5.03. The maximum absolute atomic E-state index is 13.8. The fraction of sp³-hybridized carbons (Fsp3) is 0.250. The molecule has 0 radical (unpaired) electrons. The zero-order chi connectivity index (χ0) is 18.2. The summed E-state index contributed by atoms with van der Waals surface area (Å²) < 4.78 is 13.8. The second-order valence-corrected chi connectivity index (χ2v) is 6.26. The van der Waals surface area contributed by atoms with Crippen LogP contribution in [0, 0.1) is 12.7 Å². The highest BCUT2D eigenvalue weighted by molar-refractivity contribution is 5.93. The number of hydrogen-bond donors (Lipinski definition) is 0. The quantitative estimate of drug-likeness (QED) is 0.388. The number of rotatable bonds is 6. The summed E-state index contributed by atoms with van der Waals surface area (Å²) in [5.74, 6) is -0.171. The first kappa shape index (κ1) is 18.9. The van der Waals surface area contributed by atoms with E-state index in [0.717, 1.165) is 40.7 Å². The Hall–Kier alpha value is -2.41. The Morgan fingerprint density at radius 1 is 1.04 bits per heavy atom. The highest BCUT2D eigenvalue weighted by Crippen LogP contribution is 2.31. The summed E-state index contributed by atoms with van der Waals surface area (Å²) >= 11 is 0. The molecule has 0 nitrogen and oxygen atoms in total. The molecule has 0 amide bonds. The average molecular weight is 334 g/mol. The third-order valence-electron chi connectivity index (χ3n) is 4.23. The van der Waals surface area contributed by atoms with Crippen LogP contribution < -0.4 is 0 Å². The molecular formula is C24H27F. The molecular weight excluding hydrogens is 307 g/mol. The topological polar surface area (TPSA) is 0 Å². The summed E-state index contributed by atoms with van der Waals surface area (Å²) in [5, 5.41) is 0. The minimum Gasteiger partial charge on any atom is -0.207 e. The highest BCUT2D eigenvalue weighted by atomic mass is 19.1. The van der Waals surface area contributed by atoms with Crippen LogP contribution in [0.5, 0.6) is 0 Å². The number of halogens is 1. The lowest BCUT2D eigenvalue weighted by Gasteiger charge is -2.15. The molecule has 2 aromatic rings. The normalized spacial score (nSPS) is 12.8. The predicted octanol–water partition coefficient (Wildman–Crippen LogP) is 7.15. The Morgan fingerprint density at radius 3 is 2.36 bits per heavy atom. The van der Waals surface area contributed by atoms with Gasteiger partial charge in [0.1, 0.15) is 5.82 Å². The summed E-state index contributed by atoms with van der Waals surface area (Å²) in [5.41, 5.74) is 6.84. The molecule has 0 aliphatic rings. The lowest BCUT2D eigenvalue weighted by Crippen LogP contribution is -1.97. The first-order valence-corrected chi connectivity index (χ1v) is 8.95. The van der Waals surface area contributed by atoms with Gasteiger partial charge in [-0.1, -0.05) is 67.5 Å². The van der Waals surface area contributed by atoms with Crippen LogP contribution in [0.2, 0.25) is 0 Å². The molecule has 0 spiro atoms. The standard InChI is InChI=1S/C24H27F/c1-5-8-20(7-3)24(16-19-12-10-18(4)11-13-19)23-15-14-22(25)17-21(23)9-6-2/h5,7-8,10-17H,6,9H2,1-4H3/b8-5-,20-7+,24-16+. The Kier molecular flexibility index (Phi) is 6.94. The van der Waals surface area contributed by atoms with E-state index < -0.39 is 0 Å². The smallest absolute Gasteiger partial charge is 0.123 e. The first-order chi connectivity index (χ1) is 12.1. The molecule has 0 unspecified atom stereocenters. The Labute approximate surface area is 151 Å². The number of aryl methyl sites for hydroxylation is 2. The van der Waals surface area contributed by atoms with Gasteiger partial charge in [0.25, 0.3) is 0 Å². The molecule has 0 aromatic heterocycles. The minimum absolute atomic E-state index is 0.171. The third-order valence-corrected chi connectivity index (χ3v) is 4.23. The van der Waals surface area contributed by atoms with Crippen LogP contribution in [-0.2, 0) is 6.42 Å². The zero-order valence-electron chi connectivity index (χ0n) is 15.6. The van der Waals surface area contributed by atoms with Gasteiger partial charge >= 0.3 is 0 Å². The minimum atomic E-state index is -0.171. The van der Waals surface area contributed by atoms with Crippen molar-refractivity contribution in [2.24, 2.45) is 0 Å². The number of allylic oxidation sites excluding steroid dienone is 5. The van der Waals surface area contributed by atoms with Crippen molar-refractivity contribution in [2.45, 2.75) is 40.5 Å². The average Bonchev–Trinajstić information content (AvgIpc) is 2.60. The fourth-order valence-corrected chi connectivity index (χ4v) is 2.97. The molecule has 0 saturated heterocycles. The summed E-state index contributed by atoms with van der Waals surface area (Å²) in [6.07, 6.45) is 10.3. The molecule has 0 aliphatic carbocycles. The van der Waals surface area contributed by atoms with Gasteiger partial charge in [-0.05, 0) is 73.2 Å². The van der Waals surface area contributed by atoms with E-state index in [0.29, 0.717) is 0 Å². The van der Waals surface area contributed by atoms with Crippen LogP contribution in [0.1, 0.15) is 49.4 Å². The van der Waals surface area contributed by atoms with E-state index in [1.54, 1.807) is 12.1 Å². The van der Waals surface area contributed by atoms with Gasteiger partial charge in [0, 0.05) is 0 Å². The van der Waals surface area contributed by atoms with Crippen molar-refractivity contribution in [3.63, 3.8) is 0 Å². The van der Waals surface area contributed by atoms with Crippen molar-refractivity contribution in [1.82, 2.24) is 0 Å². The molecule has 0 N–H and O–H groups in total. The molecule has 0 aliphatic heterocycles. The molecule has 1 heteroatoms. The number of benzene rings is 2. The van der Waals surface area contributed by atoms with Crippen molar-refractivity contribution < 1.29 is 4.39 Å². The van der Waals surface area contributed by atoms with E-state index in [1.165, 1.54) is 5.56 Å². The van der Waals surface area contributed by atoms with Gasteiger partial charge in [0.2, 0.25) is 0 Å². The van der Waals surface area contributed by atoms with Crippen molar-refractivity contribution in [3.05, 3.63) is 94.3 Å². The van der Waals surface area contributed by atoms with E-state index in [2.05, 4.69) is 56.3 Å². The Morgan fingerprint density at radius 2 is 1.76 bits per heavy atom. The molecule has 0 fully saturated rings. The summed E-state index contributed by atoms with van der Waals surface area (Å²) in [4.78, 5) is 0. The van der Waals surface area contributed by atoms with E-state index in [9.17, 15) is 4.39 Å². The van der Waals surface area contributed by atoms with E-state index in [4.69, 9.17) is 0 Å².